The summed E-state index contributed by atoms with van der Waals surface area (Å²) in [6.45, 7) is 0. The molecule has 0 spiro atoms. The predicted octanol–water partition coefficient (Wildman–Crippen LogP) is 3.17. The number of hydrogen-bond acceptors (Lipinski definition) is 3. The van der Waals surface area contributed by atoms with Gasteiger partial charge in [0.2, 0.25) is 0 Å². The molecule has 1 rings (SSSR count). The molecule has 3 nitrogen and oxygen atoms in total. The quantitative estimate of drug-likeness (QED) is 0.607. The molecule has 0 amide bonds. The van der Waals surface area contributed by atoms with Crippen molar-refractivity contribution >= 4 is 17.7 Å². The van der Waals surface area contributed by atoms with Crippen molar-refractivity contribution in [3.05, 3.63) is 29.8 Å². The molecule has 0 radical (unpaired) electrons. The average molecular weight is 235 g/mol. The third-order valence-corrected chi connectivity index (χ3v) is 3.22. The van der Waals surface area contributed by atoms with E-state index in [1.165, 1.54) is 11.8 Å². The number of nitrogens with zero attached hydrogens (tertiary/aromatic N) is 1. The van der Waals surface area contributed by atoms with Crippen LogP contribution in [0, 0.1) is 11.3 Å². The Hall–Kier alpha value is -1.47. The fourth-order valence-corrected chi connectivity index (χ4v) is 2.31. The SMILES string of the molecule is N#CCCCCSc1ccccc1C(=O)O. The van der Waals surface area contributed by atoms with Gasteiger partial charge in [-0.25, -0.2) is 4.79 Å². The van der Waals surface area contributed by atoms with E-state index >= 15 is 0 Å². The topological polar surface area (TPSA) is 61.1 Å². The molecule has 0 aliphatic heterocycles. The van der Waals surface area contributed by atoms with Crippen molar-refractivity contribution in [3.63, 3.8) is 0 Å². The number of carboxylic acids is 1. The van der Waals surface area contributed by atoms with Gasteiger partial charge >= 0.3 is 5.97 Å². The van der Waals surface area contributed by atoms with Crippen molar-refractivity contribution in [1.29, 1.82) is 5.26 Å². The molecule has 1 N–H and O–H groups in total. The number of nitriles is 1. The van der Waals surface area contributed by atoms with Crippen LogP contribution in [0.4, 0.5) is 0 Å². The number of unbranched alkanes of at least 4 members (excludes halogenated alkanes) is 2. The van der Waals surface area contributed by atoms with E-state index in [1.54, 1.807) is 12.1 Å². The van der Waals surface area contributed by atoms with Crippen LogP contribution in [0.15, 0.2) is 29.2 Å². The van der Waals surface area contributed by atoms with Crippen molar-refractivity contribution in [2.75, 3.05) is 5.75 Å². The first-order chi connectivity index (χ1) is 7.75. The summed E-state index contributed by atoms with van der Waals surface area (Å²) in [6.07, 6.45) is 2.38. The Morgan fingerprint density at radius 2 is 2.12 bits per heavy atom. The lowest BCUT2D eigenvalue weighted by molar-refractivity contribution is 0.0693. The van der Waals surface area contributed by atoms with Crippen molar-refractivity contribution in [3.8, 4) is 6.07 Å². The zero-order chi connectivity index (χ0) is 11.8. The van der Waals surface area contributed by atoms with Gasteiger partial charge in [-0.15, -0.1) is 11.8 Å². The van der Waals surface area contributed by atoms with Crippen molar-refractivity contribution in [2.24, 2.45) is 0 Å². The Balaban J connectivity index is 2.47. The summed E-state index contributed by atoms with van der Waals surface area (Å²) < 4.78 is 0. The van der Waals surface area contributed by atoms with Gasteiger partial charge in [-0.05, 0) is 30.7 Å². The molecule has 0 aromatic heterocycles. The van der Waals surface area contributed by atoms with E-state index in [4.69, 9.17) is 10.4 Å². The van der Waals surface area contributed by atoms with Crippen LogP contribution in [0.2, 0.25) is 0 Å². The zero-order valence-corrected chi connectivity index (χ0v) is 9.67. The van der Waals surface area contributed by atoms with Gasteiger partial charge in [0.25, 0.3) is 0 Å². The number of thioether (sulfide) groups is 1. The highest BCUT2D eigenvalue weighted by molar-refractivity contribution is 7.99. The normalized spacial score (nSPS) is 9.69. The summed E-state index contributed by atoms with van der Waals surface area (Å²) in [6, 6.07) is 9.08. The molecule has 0 bridgehead atoms. The first-order valence-electron chi connectivity index (χ1n) is 5.08. The molecule has 84 valence electrons. The molecular weight excluding hydrogens is 222 g/mol. The monoisotopic (exact) mass is 235 g/mol. The van der Waals surface area contributed by atoms with E-state index in [9.17, 15) is 4.79 Å². The van der Waals surface area contributed by atoms with Crippen LogP contribution in [0.25, 0.3) is 0 Å². The van der Waals surface area contributed by atoms with Gasteiger partial charge in [0.05, 0.1) is 11.6 Å². The van der Waals surface area contributed by atoms with Gasteiger partial charge in [0.15, 0.2) is 0 Å². The molecule has 0 saturated heterocycles. The highest BCUT2D eigenvalue weighted by atomic mass is 32.2. The van der Waals surface area contributed by atoms with Crippen LogP contribution >= 0.6 is 11.8 Å². The van der Waals surface area contributed by atoms with Gasteiger partial charge < -0.3 is 5.11 Å². The Bertz CT molecular complexity index is 398. The second-order valence-corrected chi connectivity index (χ2v) is 4.40. The summed E-state index contributed by atoms with van der Waals surface area (Å²) in [5.41, 5.74) is 0.354. The molecule has 4 heteroatoms. The number of benzene rings is 1. The molecule has 0 aliphatic carbocycles. The number of rotatable bonds is 6. The van der Waals surface area contributed by atoms with Crippen molar-refractivity contribution < 1.29 is 9.90 Å². The van der Waals surface area contributed by atoms with Gasteiger partial charge in [0.1, 0.15) is 0 Å². The maximum absolute atomic E-state index is 10.9. The molecule has 0 aliphatic rings. The van der Waals surface area contributed by atoms with Gasteiger partial charge in [-0.3, -0.25) is 0 Å². The summed E-state index contributed by atoms with van der Waals surface area (Å²) in [5, 5.41) is 17.3. The standard InChI is InChI=1S/C12H13NO2S/c13-8-4-1-5-9-16-11-7-3-2-6-10(11)12(14)15/h2-3,6-7H,1,4-5,9H2,(H,14,15). The van der Waals surface area contributed by atoms with E-state index in [0.717, 1.165) is 23.5 Å². The first kappa shape index (κ1) is 12.6. The summed E-state index contributed by atoms with van der Waals surface area (Å²) >= 11 is 1.54. The third-order valence-electron chi connectivity index (χ3n) is 2.06. The molecule has 0 saturated carbocycles. The number of carbonyl (C=O) groups is 1. The zero-order valence-electron chi connectivity index (χ0n) is 8.85. The van der Waals surface area contributed by atoms with Crippen LogP contribution in [-0.2, 0) is 0 Å². The van der Waals surface area contributed by atoms with Crippen LogP contribution in [-0.4, -0.2) is 16.8 Å². The first-order valence-corrected chi connectivity index (χ1v) is 6.06. The van der Waals surface area contributed by atoms with Crippen molar-refractivity contribution in [2.45, 2.75) is 24.2 Å². The minimum Gasteiger partial charge on any atom is -0.478 e. The molecular formula is C12H13NO2S. The Morgan fingerprint density at radius 3 is 2.81 bits per heavy atom. The van der Waals surface area contributed by atoms with Crippen LogP contribution in [0.3, 0.4) is 0 Å². The molecule has 16 heavy (non-hydrogen) atoms. The van der Waals surface area contributed by atoms with E-state index in [0.29, 0.717) is 12.0 Å². The third kappa shape index (κ3) is 3.95. The summed E-state index contributed by atoms with van der Waals surface area (Å²) in [5.74, 6) is -0.0356. The fourth-order valence-electron chi connectivity index (χ4n) is 1.26. The molecule has 1 aromatic carbocycles. The Labute approximate surface area is 99.1 Å². The lowest BCUT2D eigenvalue weighted by atomic mass is 10.2. The van der Waals surface area contributed by atoms with Gasteiger partial charge in [-0.2, -0.15) is 5.26 Å². The van der Waals surface area contributed by atoms with E-state index in [-0.39, 0.29) is 0 Å². The van der Waals surface area contributed by atoms with Crippen LogP contribution in [0.1, 0.15) is 29.6 Å². The maximum atomic E-state index is 10.9. The molecule has 0 heterocycles. The van der Waals surface area contributed by atoms with Crippen molar-refractivity contribution in [1.82, 2.24) is 0 Å². The summed E-state index contributed by atoms with van der Waals surface area (Å²) in [4.78, 5) is 11.7. The minimum atomic E-state index is -0.889. The molecule has 0 unspecified atom stereocenters. The van der Waals surface area contributed by atoms with Crippen LogP contribution < -0.4 is 0 Å². The summed E-state index contributed by atoms with van der Waals surface area (Å²) in [7, 11) is 0. The van der Waals surface area contributed by atoms with E-state index in [1.807, 2.05) is 12.1 Å². The number of hydrogen-bond donors (Lipinski definition) is 1. The number of carboxylic acid groups (broad SMARTS) is 1. The Kier molecular flexibility index (Phi) is 5.44. The highest BCUT2D eigenvalue weighted by Gasteiger charge is 2.08. The van der Waals surface area contributed by atoms with E-state index in [2.05, 4.69) is 6.07 Å². The predicted molar refractivity (Wildman–Crippen MR) is 63.6 cm³/mol. The van der Waals surface area contributed by atoms with E-state index < -0.39 is 5.97 Å². The largest absolute Gasteiger partial charge is 0.478 e. The molecule has 0 fully saturated rings. The molecule has 1 aromatic rings. The lowest BCUT2D eigenvalue weighted by Crippen LogP contribution is -1.98. The second kappa shape index (κ2) is 6.91. The molecule has 0 atom stereocenters. The maximum Gasteiger partial charge on any atom is 0.336 e. The fraction of sp³-hybridized carbons (Fsp3) is 0.333. The van der Waals surface area contributed by atoms with Gasteiger partial charge in [-0.1, -0.05) is 12.1 Å². The minimum absolute atomic E-state index is 0.354. The lowest BCUT2D eigenvalue weighted by Gasteiger charge is -2.04. The van der Waals surface area contributed by atoms with Crippen LogP contribution in [0.5, 0.6) is 0 Å². The Morgan fingerprint density at radius 1 is 1.38 bits per heavy atom. The smallest absolute Gasteiger partial charge is 0.336 e. The highest BCUT2D eigenvalue weighted by Crippen LogP contribution is 2.23. The second-order valence-electron chi connectivity index (χ2n) is 3.26. The van der Waals surface area contributed by atoms with Gasteiger partial charge in [0, 0.05) is 11.3 Å². The average Bonchev–Trinajstić information content (AvgIpc) is 2.29. The number of aromatic carboxylic acids is 1.